The van der Waals surface area contributed by atoms with E-state index in [0.717, 1.165) is 29.3 Å². The fourth-order valence-corrected chi connectivity index (χ4v) is 4.41. The van der Waals surface area contributed by atoms with E-state index in [1.165, 1.54) is 6.07 Å². The minimum Gasteiger partial charge on any atom is -0.268 e. The van der Waals surface area contributed by atoms with Crippen molar-refractivity contribution in [1.82, 2.24) is 4.31 Å². The van der Waals surface area contributed by atoms with Crippen molar-refractivity contribution in [2.24, 2.45) is 5.14 Å². The van der Waals surface area contributed by atoms with Crippen LogP contribution in [0.15, 0.2) is 28.0 Å². The van der Waals surface area contributed by atoms with Gasteiger partial charge in [-0.25, -0.2) is 26.3 Å². The van der Waals surface area contributed by atoms with E-state index in [0.29, 0.717) is 6.42 Å². The molecule has 0 spiro atoms. The number of unbranched alkanes of at least 4 members (excludes halogenated alkanes) is 2. The highest BCUT2D eigenvalue weighted by molar-refractivity contribution is 7.90. The van der Waals surface area contributed by atoms with E-state index in [1.807, 2.05) is 6.92 Å². The number of benzene rings is 1. The van der Waals surface area contributed by atoms with Crippen molar-refractivity contribution in [2.45, 2.75) is 36.0 Å². The third-order valence-corrected chi connectivity index (χ3v) is 6.00. The molecule has 0 radical (unpaired) electrons. The number of hydrogen-bond donors (Lipinski definition) is 1. The van der Waals surface area contributed by atoms with Crippen molar-refractivity contribution in [2.75, 3.05) is 6.54 Å². The molecule has 0 bridgehead atoms. The van der Waals surface area contributed by atoms with Gasteiger partial charge in [0.05, 0.1) is 10.5 Å². The summed E-state index contributed by atoms with van der Waals surface area (Å²) in [6, 6.07) is 3.27. The Balaban J connectivity index is 2.46. The Hall–Kier alpha value is -1.45. The smallest absolute Gasteiger partial charge is 0.268 e. The van der Waals surface area contributed by atoms with Gasteiger partial charge in [-0.1, -0.05) is 19.8 Å². The molecule has 0 aromatic heterocycles. The third-order valence-electron chi connectivity index (χ3n) is 3.27. The highest BCUT2D eigenvalue weighted by Gasteiger charge is 2.41. The second-order valence-corrected chi connectivity index (χ2v) is 8.18. The van der Waals surface area contributed by atoms with Crippen LogP contribution in [0.25, 0.3) is 0 Å². The molecule has 1 aliphatic rings. The van der Waals surface area contributed by atoms with Crippen LogP contribution in [0.4, 0.5) is 0 Å². The first-order valence-electron chi connectivity index (χ1n) is 6.43. The van der Waals surface area contributed by atoms with E-state index in [-0.39, 0.29) is 21.9 Å². The predicted molar refractivity (Wildman–Crippen MR) is 75.6 cm³/mol. The lowest BCUT2D eigenvalue weighted by Crippen LogP contribution is -2.30. The number of hydrogen-bond acceptors (Lipinski definition) is 5. The van der Waals surface area contributed by atoms with E-state index in [4.69, 9.17) is 5.14 Å². The first kappa shape index (κ1) is 15.9. The number of sulfonamides is 2. The molecule has 21 heavy (non-hydrogen) atoms. The number of amides is 1. The molecule has 2 N–H and O–H groups in total. The molecular weight excluding hydrogens is 316 g/mol. The minimum atomic E-state index is -4.02. The topological polar surface area (TPSA) is 115 Å². The maximum Gasteiger partial charge on any atom is 0.269 e. The van der Waals surface area contributed by atoms with E-state index < -0.39 is 26.0 Å². The summed E-state index contributed by atoms with van der Waals surface area (Å²) in [6.45, 7) is 2.06. The molecule has 1 heterocycles. The summed E-state index contributed by atoms with van der Waals surface area (Å²) in [5, 5.41) is 4.99. The first-order chi connectivity index (χ1) is 9.69. The van der Waals surface area contributed by atoms with Gasteiger partial charge in [-0.05, 0) is 24.6 Å². The first-order valence-corrected chi connectivity index (χ1v) is 9.42. The maximum absolute atomic E-state index is 12.3. The maximum atomic E-state index is 12.3. The molecule has 9 heteroatoms. The molecule has 1 aromatic rings. The summed E-state index contributed by atoms with van der Waals surface area (Å²) < 4.78 is 48.1. The van der Waals surface area contributed by atoms with Crippen molar-refractivity contribution in [3.8, 4) is 0 Å². The van der Waals surface area contributed by atoms with Gasteiger partial charge in [0.15, 0.2) is 0 Å². The van der Waals surface area contributed by atoms with Crippen LogP contribution < -0.4 is 5.14 Å². The lowest BCUT2D eigenvalue weighted by molar-refractivity contribution is 0.0869. The van der Waals surface area contributed by atoms with Crippen molar-refractivity contribution >= 4 is 26.0 Å². The third kappa shape index (κ3) is 2.81. The number of fused-ring (bicyclic) bond motifs is 1. The van der Waals surface area contributed by atoms with Crippen LogP contribution in [-0.4, -0.2) is 33.6 Å². The second-order valence-electron chi connectivity index (χ2n) is 4.79. The average Bonchev–Trinajstić information content (AvgIpc) is 2.58. The van der Waals surface area contributed by atoms with E-state index >= 15 is 0 Å². The number of nitrogens with two attached hydrogens (primary N) is 1. The minimum absolute atomic E-state index is 0.0149. The largest absolute Gasteiger partial charge is 0.269 e. The van der Waals surface area contributed by atoms with Crippen LogP contribution in [0.1, 0.15) is 36.5 Å². The Labute approximate surface area is 123 Å². The molecule has 0 aliphatic carbocycles. The fourth-order valence-electron chi connectivity index (χ4n) is 2.16. The molecular formula is C12H16N2O5S2. The Bertz CT molecular complexity index is 784. The van der Waals surface area contributed by atoms with Crippen molar-refractivity contribution < 1.29 is 21.6 Å². The van der Waals surface area contributed by atoms with Gasteiger partial charge < -0.3 is 0 Å². The van der Waals surface area contributed by atoms with Gasteiger partial charge in [-0.15, -0.1) is 0 Å². The molecule has 7 nitrogen and oxygen atoms in total. The molecule has 1 aromatic carbocycles. The molecule has 0 saturated heterocycles. The molecule has 0 unspecified atom stereocenters. The van der Waals surface area contributed by atoms with E-state index in [9.17, 15) is 21.6 Å². The van der Waals surface area contributed by atoms with Crippen LogP contribution in [0.2, 0.25) is 0 Å². The number of nitrogens with zero attached hydrogens (tertiary/aromatic N) is 1. The quantitative estimate of drug-likeness (QED) is 0.796. The summed E-state index contributed by atoms with van der Waals surface area (Å²) in [7, 11) is -8.02. The highest BCUT2D eigenvalue weighted by atomic mass is 32.2. The summed E-state index contributed by atoms with van der Waals surface area (Å²) in [4.78, 5) is 11.5. The average molecular weight is 332 g/mol. The van der Waals surface area contributed by atoms with Crippen LogP contribution in [0.5, 0.6) is 0 Å². The summed E-state index contributed by atoms with van der Waals surface area (Å²) in [5.74, 6) is -0.623. The van der Waals surface area contributed by atoms with Crippen LogP contribution in [0.3, 0.4) is 0 Å². The zero-order valence-corrected chi connectivity index (χ0v) is 13.1. The van der Waals surface area contributed by atoms with Crippen molar-refractivity contribution in [1.29, 1.82) is 0 Å². The fraction of sp³-hybridized carbons (Fsp3) is 0.417. The van der Waals surface area contributed by atoms with Gasteiger partial charge >= 0.3 is 0 Å². The lowest BCUT2D eigenvalue weighted by atomic mass is 10.2. The molecule has 0 atom stereocenters. The van der Waals surface area contributed by atoms with E-state index in [1.54, 1.807) is 0 Å². The monoisotopic (exact) mass is 332 g/mol. The van der Waals surface area contributed by atoms with Gasteiger partial charge in [0.2, 0.25) is 10.0 Å². The lowest BCUT2D eigenvalue weighted by Gasteiger charge is -2.14. The van der Waals surface area contributed by atoms with Gasteiger partial charge in [-0.2, -0.15) is 0 Å². The van der Waals surface area contributed by atoms with Gasteiger partial charge in [-0.3, -0.25) is 4.79 Å². The Kier molecular flexibility index (Phi) is 4.09. The standard InChI is InChI=1S/C12H16N2O5S2/c1-2-3-4-7-14-12(15)10-6-5-9(20(13,16)17)8-11(10)21(14,18)19/h5-6,8H,2-4,7H2,1H3,(H2,13,16,17). The van der Waals surface area contributed by atoms with Gasteiger partial charge in [0, 0.05) is 6.54 Å². The molecule has 2 rings (SSSR count). The molecule has 116 valence electrons. The number of primary sulfonamides is 1. The zero-order chi connectivity index (χ0) is 15.8. The summed E-state index contributed by atoms with van der Waals surface area (Å²) in [5.41, 5.74) is -0.0149. The SMILES string of the molecule is CCCCCN1C(=O)c2ccc(S(N)(=O)=O)cc2S1(=O)=O. The van der Waals surface area contributed by atoms with Gasteiger partial charge in [0.25, 0.3) is 15.9 Å². The predicted octanol–water partition coefficient (Wildman–Crippen LogP) is 0.669. The summed E-state index contributed by atoms with van der Waals surface area (Å²) in [6.07, 6.45) is 2.26. The van der Waals surface area contributed by atoms with Crippen molar-refractivity contribution in [3.63, 3.8) is 0 Å². The van der Waals surface area contributed by atoms with Crippen molar-refractivity contribution in [3.05, 3.63) is 23.8 Å². The zero-order valence-electron chi connectivity index (χ0n) is 11.4. The molecule has 1 aliphatic heterocycles. The summed E-state index contributed by atoms with van der Waals surface area (Å²) >= 11 is 0. The van der Waals surface area contributed by atoms with Crippen LogP contribution in [-0.2, 0) is 20.0 Å². The van der Waals surface area contributed by atoms with Crippen LogP contribution >= 0.6 is 0 Å². The van der Waals surface area contributed by atoms with Gasteiger partial charge in [0.1, 0.15) is 4.90 Å². The molecule has 1 amide bonds. The highest BCUT2D eigenvalue weighted by Crippen LogP contribution is 2.32. The Morgan fingerprint density at radius 2 is 1.90 bits per heavy atom. The number of rotatable bonds is 5. The Morgan fingerprint density at radius 1 is 1.24 bits per heavy atom. The number of carbonyl (C=O) groups excluding carboxylic acids is 1. The normalized spacial score (nSPS) is 17.0. The van der Waals surface area contributed by atoms with E-state index in [2.05, 4.69) is 0 Å². The Morgan fingerprint density at radius 3 is 2.48 bits per heavy atom. The molecule has 0 saturated carbocycles. The number of carbonyl (C=O) groups is 1. The van der Waals surface area contributed by atoms with Crippen LogP contribution in [0, 0.1) is 0 Å². The molecule has 0 fully saturated rings. The second kappa shape index (κ2) is 5.39.